The molecule has 2 aromatic carbocycles. The van der Waals surface area contributed by atoms with Crippen molar-refractivity contribution in [2.45, 2.75) is 25.7 Å². The van der Waals surface area contributed by atoms with Gasteiger partial charge in [-0.1, -0.05) is 17.7 Å². The van der Waals surface area contributed by atoms with Gasteiger partial charge in [-0.2, -0.15) is 0 Å². The van der Waals surface area contributed by atoms with Crippen LogP contribution in [0.15, 0.2) is 41.3 Å². The van der Waals surface area contributed by atoms with Crippen molar-refractivity contribution < 1.29 is 14.0 Å². The van der Waals surface area contributed by atoms with Crippen molar-refractivity contribution in [1.29, 1.82) is 0 Å². The van der Waals surface area contributed by atoms with Crippen LogP contribution >= 0.6 is 11.8 Å². The number of amides is 2. The number of rotatable bonds is 6. The molecule has 25 heavy (non-hydrogen) atoms. The summed E-state index contributed by atoms with van der Waals surface area (Å²) in [6.07, 6.45) is 0. The van der Waals surface area contributed by atoms with Crippen LogP contribution in [0.1, 0.15) is 16.7 Å². The number of hydrogen-bond donors (Lipinski definition) is 2. The molecule has 2 N–H and O–H groups in total. The highest BCUT2D eigenvalue weighted by atomic mass is 32.2. The van der Waals surface area contributed by atoms with Gasteiger partial charge in [-0.25, -0.2) is 4.39 Å². The van der Waals surface area contributed by atoms with E-state index in [1.54, 1.807) is 12.1 Å². The first-order chi connectivity index (χ1) is 11.8. The summed E-state index contributed by atoms with van der Waals surface area (Å²) < 4.78 is 12.8. The second-order valence-corrected chi connectivity index (χ2v) is 6.89. The van der Waals surface area contributed by atoms with Gasteiger partial charge in [0, 0.05) is 10.6 Å². The highest BCUT2D eigenvalue weighted by Crippen LogP contribution is 2.21. The molecule has 0 saturated heterocycles. The molecular formula is C19H21FN2O2S. The van der Waals surface area contributed by atoms with Crippen LogP contribution in [0, 0.1) is 26.6 Å². The molecule has 0 atom stereocenters. The quantitative estimate of drug-likeness (QED) is 0.774. The molecule has 0 aliphatic carbocycles. The molecule has 6 heteroatoms. The third kappa shape index (κ3) is 5.90. The Morgan fingerprint density at radius 2 is 1.60 bits per heavy atom. The number of anilines is 1. The minimum Gasteiger partial charge on any atom is -0.346 e. The van der Waals surface area contributed by atoms with Crippen molar-refractivity contribution in [3.63, 3.8) is 0 Å². The lowest BCUT2D eigenvalue weighted by Gasteiger charge is -2.13. The number of hydrogen-bond acceptors (Lipinski definition) is 3. The topological polar surface area (TPSA) is 58.2 Å². The highest BCUT2D eigenvalue weighted by Gasteiger charge is 2.10. The van der Waals surface area contributed by atoms with Crippen LogP contribution < -0.4 is 10.6 Å². The van der Waals surface area contributed by atoms with Crippen LogP contribution in [-0.4, -0.2) is 24.1 Å². The molecule has 2 rings (SSSR count). The van der Waals surface area contributed by atoms with Gasteiger partial charge < -0.3 is 10.6 Å². The number of nitrogens with one attached hydrogen (secondary N) is 2. The standard InChI is InChI=1S/C19H21FN2O2S/c1-12-8-13(2)19(14(3)9-12)22-17(23)10-21-18(24)11-25-16-6-4-15(20)5-7-16/h4-9H,10-11H2,1-3H3,(H,21,24)(H,22,23). The van der Waals surface area contributed by atoms with Gasteiger partial charge in [0.1, 0.15) is 5.82 Å². The van der Waals surface area contributed by atoms with Gasteiger partial charge in [0.25, 0.3) is 0 Å². The number of halogens is 1. The predicted octanol–water partition coefficient (Wildman–Crippen LogP) is 3.60. The molecule has 0 radical (unpaired) electrons. The molecule has 0 unspecified atom stereocenters. The van der Waals surface area contributed by atoms with E-state index in [9.17, 15) is 14.0 Å². The van der Waals surface area contributed by atoms with E-state index in [1.165, 1.54) is 23.9 Å². The Balaban J connectivity index is 1.79. The molecule has 0 aliphatic heterocycles. The Kier molecular flexibility index (Phi) is 6.58. The highest BCUT2D eigenvalue weighted by molar-refractivity contribution is 8.00. The Labute approximate surface area is 151 Å². The molecule has 132 valence electrons. The van der Waals surface area contributed by atoms with Crippen molar-refractivity contribution >= 4 is 29.3 Å². The molecule has 0 aromatic heterocycles. The molecule has 0 fully saturated rings. The van der Waals surface area contributed by atoms with Crippen molar-refractivity contribution in [2.24, 2.45) is 0 Å². The lowest BCUT2D eigenvalue weighted by Crippen LogP contribution is -2.34. The summed E-state index contributed by atoms with van der Waals surface area (Å²) in [7, 11) is 0. The second kappa shape index (κ2) is 8.67. The van der Waals surface area contributed by atoms with Crippen LogP contribution in [0.25, 0.3) is 0 Å². The van der Waals surface area contributed by atoms with E-state index in [-0.39, 0.29) is 29.9 Å². The molecule has 4 nitrogen and oxygen atoms in total. The first kappa shape index (κ1) is 19.0. The van der Waals surface area contributed by atoms with Crippen LogP contribution in [0.2, 0.25) is 0 Å². The maximum absolute atomic E-state index is 12.8. The molecule has 0 heterocycles. The SMILES string of the molecule is Cc1cc(C)c(NC(=O)CNC(=O)CSc2ccc(F)cc2)c(C)c1. The largest absolute Gasteiger partial charge is 0.346 e. The molecule has 0 aliphatic rings. The number of aryl methyl sites for hydroxylation is 3. The molecule has 0 bridgehead atoms. The fraction of sp³-hybridized carbons (Fsp3) is 0.263. The monoisotopic (exact) mass is 360 g/mol. The van der Waals surface area contributed by atoms with E-state index in [2.05, 4.69) is 10.6 Å². The fourth-order valence-corrected chi connectivity index (χ4v) is 3.20. The second-order valence-electron chi connectivity index (χ2n) is 5.84. The number of carbonyl (C=O) groups excluding carboxylic acids is 2. The molecule has 0 saturated carbocycles. The first-order valence-electron chi connectivity index (χ1n) is 7.88. The summed E-state index contributed by atoms with van der Waals surface area (Å²) in [5.41, 5.74) is 3.90. The normalized spacial score (nSPS) is 10.4. The Bertz CT molecular complexity index is 752. The third-order valence-corrected chi connectivity index (χ3v) is 4.58. The van der Waals surface area contributed by atoms with Gasteiger partial charge in [-0.05, 0) is 56.2 Å². The fourth-order valence-electron chi connectivity index (χ4n) is 2.47. The van der Waals surface area contributed by atoms with Crippen LogP contribution in [0.5, 0.6) is 0 Å². The number of carbonyl (C=O) groups is 2. The van der Waals surface area contributed by atoms with Crippen LogP contribution in [0.3, 0.4) is 0 Å². The first-order valence-corrected chi connectivity index (χ1v) is 8.86. The zero-order valence-corrected chi connectivity index (χ0v) is 15.3. The average Bonchev–Trinajstić information content (AvgIpc) is 2.55. The van der Waals surface area contributed by atoms with Crippen molar-refractivity contribution in [3.8, 4) is 0 Å². The number of benzene rings is 2. The van der Waals surface area contributed by atoms with Gasteiger partial charge in [-0.3, -0.25) is 9.59 Å². The van der Waals surface area contributed by atoms with Crippen molar-refractivity contribution in [1.82, 2.24) is 5.32 Å². The van der Waals surface area contributed by atoms with Crippen molar-refractivity contribution in [2.75, 3.05) is 17.6 Å². The summed E-state index contributed by atoms with van der Waals surface area (Å²) in [6.45, 7) is 5.79. The van der Waals surface area contributed by atoms with Gasteiger partial charge in [0.15, 0.2) is 0 Å². The maximum atomic E-state index is 12.8. The molecule has 2 amide bonds. The van der Waals surface area contributed by atoms with Crippen LogP contribution in [0.4, 0.5) is 10.1 Å². The Morgan fingerprint density at radius 3 is 2.20 bits per heavy atom. The van der Waals surface area contributed by atoms with Gasteiger partial charge in [-0.15, -0.1) is 11.8 Å². The summed E-state index contributed by atoms with van der Waals surface area (Å²) in [5, 5.41) is 5.43. The predicted molar refractivity (Wildman–Crippen MR) is 99.4 cm³/mol. The Hall–Kier alpha value is -2.34. The van der Waals surface area contributed by atoms with Gasteiger partial charge in [0.05, 0.1) is 12.3 Å². The minimum absolute atomic E-state index is 0.0877. The van der Waals surface area contributed by atoms with E-state index in [0.717, 1.165) is 27.3 Å². The summed E-state index contributed by atoms with van der Waals surface area (Å²) in [4.78, 5) is 24.7. The van der Waals surface area contributed by atoms with E-state index >= 15 is 0 Å². The van der Waals surface area contributed by atoms with Crippen LogP contribution in [-0.2, 0) is 9.59 Å². The zero-order chi connectivity index (χ0) is 18.4. The third-order valence-electron chi connectivity index (χ3n) is 3.57. The van der Waals surface area contributed by atoms with E-state index in [1.807, 2.05) is 32.9 Å². The smallest absolute Gasteiger partial charge is 0.243 e. The average molecular weight is 360 g/mol. The number of thioether (sulfide) groups is 1. The lowest BCUT2D eigenvalue weighted by atomic mass is 10.1. The molecule has 0 spiro atoms. The van der Waals surface area contributed by atoms with E-state index in [4.69, 9.17) is 0 Å². The molecular weight excluding hydrogens is 339 g/mol. The van der Waals surface area contributed by atoms with E-state index < -0.39 is 0 Å². The summed E-state index contributed by atoms with van der Waals surface area (Å²) in [6, 6.07) is 9.92. The van der Waals surface area contributed by atoms with E-state index in [0.29, 0.717) is 0 Å². The van der Waals surface area contributed by atoms with Crippen molar-refractivity contribution in [3.05, 3.63) is 58.9 Å². The maximum Gasteiger partial charge on any atom is 0.243 e. The Morgan fingerprint density at radius 1 is 1.00 bits per heavy atom. The summed E-state index contributed by atoms with van der Waals surface area (Å²) in [5.74, 6) is -0.661. The van der Waals surface area contributed by atoms with Gasteiger partial charge >= 0.3 is 0 Å². The van der Waals surface area contributed by atoms with Gasteiger partial charge in [0.2, 0.25) is 11.8 Å². The summed E-state index contributed by atoms with van der Waals surface area (Å²) >= 11 is 1.29. The zero-order valence-electron chi connectivity index (χ0n) is 14.5. The minimum atomic E-state index is -0.313. The lowest BCUT2D eigenvalue weighted by molar-refractivity contribution is -0.122. The molecule has 2 aromatic rings.